The zero-order valence-corrected chi connectivity index (χ0v) is 7.24. The van der Waals surface area contributed by atoms with Crippen LogP contribution in [0.2, 0.25) is 0 Å². The molecule has 5 heteroatoms. The lowest BCUT2D eigenvalue weighted by atomic mass is 10.1. The van der Waals surface area contributed by atoms with Gasteiger partial charge in [0.15, 0.2) is 5.82 Å². The molecule has 0 saturated carbocycles. The van der Waals surface area contributed by atoms with Crippen molar-refractivity contribution in [3.8, 4) is 0 Å². The maximum absolute atomic E-state index is 11.4. The Labute approximate surface area is 75.0 Å². The van der Waals surface area contributed by atoms with Gasteiger partial charge < -0.3 is 14.6 Å². The smallest absolute Gasteiger partial charge is 0.233 e. The maximum Gasteiger partial charge on any atom is 0.233 e. The van der Waals surface area contributed by atoms with Gasteiger partial charge >= 0.3 is 0 Å². The molecule has 1 aromatic rings. The summed E-state index contributed by atoms with van der Waals surface area (Å²) >= 11 is 0. The number of carbonyl (C=O) groups is 1. The number of nitrogens with one attached hydrogen (secondary N) is 1. The lowest BCUT2D eigenvalue weighted by Crippen LogP contribution is -2.38. The molecule has 0 aromatic carbocycles. The van der Waals surface area contributed by atoms with E-state index in [1.165, 1.54) is 6.26 Å². The Morgan fingerprint density at radius 2 is 2.46 bits per heavy atom. The van der Waals surface area contributed by atoms with Crippen LogP contribution in [0.1, 0.15) is 5.56 Å². The molecule has 0 spiro atoms. The first-order valence-electron chi connectivity index (χ1n) is 4.07. The SMILES string of the molecule is Cc1conc1NC(=O)C1COC1. The molecule has 1 amide bonds. The van der Waals surface area contributed by atoms with Crippen molar-refractivity contribution in [1.82, 2.24) is 5.16 Å². The monoisotopic (exact) mass is 182 g/mol. The van der Waals surface area contributed by atoms with Crippen molar-refractivity contribution in [1.29, 1.82) is 0 Å². The molecule has 0 atom stereocenters. The fraction of sp³-hybridized carbons (Fsp3) is 0.500. The molecule has 5 nitrogen and oxygen atoms in total. The Hall–Kier alpha value is -1.36. The second-order valence-electron chi connectivity index (χ2n) is 3.07. The van der Waals surface area contributed by atoms with Crippen molar-refractivity contribution in [2.24, 2.45) is 5.92 Å². The summed E-state index contributed by atoms with van der Waals surface area (Å²) in [6.07, 6.45) is 1.49. The highest BCUT2D eigenvalue weighted by atomic mass is 16.5. The summed E-state index contributed by atoms with van der Waals surface area (Å²) in [6, 6.07) is 0. The first-order valence-corrected chi connectivity index (χ1v) is 4.07. The van der Waals surface area contributed by atoms with Crippen LogP contribution in [0.15, 0.2) is 10.8 Å². The number of hydrogen-bond acceptors (Lipinski definition) is 4. The van der Waals surface area contributed by atoms with Crippen LogP contribution < -0.4 is 5.32 Å². The number of hydrogen-bond donors (Lipinski definition) is 1. The van der Waals surface area contributed by atoms with Crippen LogP contribution in [0, 0.1) is 12.8 Å². The number of aryl methyl sites for hydroxylation is 1. The number of amides is 1. The Kier molecular flexibility index (Phi) is 2.02. The second-order valence-corrected chi connectivity index (χ2v) is 3.07. The number of carbonyl (C=O) groups excluding carboxylic acids is 1. The minimum Gasteiger partial charge on any atom is -0.380 e. The first-order chi connectivity index (χ1) is 6.27. The van der Waals surface area contributed by atoms with Crippen molar-refractivity contribution in [2.45, 2.75) is 6.92 Å². The summed E-state index contributed by atoms with van der Waals surface area (Å²) in [5.41, 5.74) is 0.827. The lowest BCUT2D eigenvalue weighted by Gasteiger charge is -2.24. The van der Waals surface area contributed by atoms with Crippen LogP contribution in [0.4, 0.5) is 5.82 Å². The van der Waals surface area contributed by atoms with E-state index in [1.807, 2.05) is 6.92 Å². The van der Waals surface area contributed by atoms with Crippen LogP contribution in [0.25, 0.3) is 0 Å². The molecule has 0 radical (unpaired) electrons. The van der Waals surface area contributed by atoms with Gasteiger partial charge in [0, 0.05) is 5.56 Å². The summed E-state index contributed by atoms with van der Waals surface area (Å²) in [6.45, 7) is 2.83. The van der Waals surface area contributed by atoms with Gasteiger partial charge in [0.2, 0.25) is 5.91 Å². The molecule has 1 saturated heterocycles. The maximum atomic E-state index is 11.4. The van der Waals surface area contributed by atoms with Crippen LogP contribution in [-0.2, 0) is 9.53 Å². The van der Waals surface area contributed by atoms with E-state index in [1.54, 1.807) is 0 Å². The third-order valence-corrected chi connectivity index (χ3v) is 2.00. The summed E-state index contributed by atoms with van der Waals surface area (Å²) < 4.78 is 9.58. The quantitative estimate of drug-likeness (QED) is 0.726. The van der Waals surface area contributed by atoms with E-state index < -0.39 is 0 Å². The van der Waals surface area contributed by atoms with Gasteiger partial charge in [-0.05, 0) is 6.92 Å². The molecular weight excluding hydrogens is 172 g/mol. The molecule has 0 unspecified atom stereocenters. The highest BCUT2D eigenvalue weighted by Crippen LogP contribution is 2.15. The third kappa shape index (κ3) is 1.55. The fourth-order valence-corrected chi connectivity index (χ4v) is 1.01. The average Bonchev–Trinajstić information content (AvgIpc) is 2.32. The molecule has 2 rings (SSSR count). The van der Waals surface area contributed by atoms with E-state index in [2.05, 4.69) is 15.0 Å². The normalized spacial score (nSPS) is 16.7. The van der Waals surface area contributed by atoms with Gasteiger partial charge in [-0.2, -0.15) is 0 Å². The van der Waals surface area contributed by atoms with E-state index in [0.717, 1.165) is 5.56 Å². The Morgan fingerprint density at radius 3 is 2.92 bits per heavy atom. The zero-order valence-electron chi connectivity index (χ0n) is 7.24. The summed E-state index contributed by atoms with van der Waals surface area (Å²) in [5, 5.41) is 6.32. The van der Waals surface area contributed by atoms with Gasteiger partial charge in [0.05, 0.1) is 19.1 Å². The van der Waals surface area contributed by atoms with Crippen LogP contribution >= 0.6 is 0 Å². The molecule has 1 aromatic heterocycles. The van der Waals surface area contributed by atoms with Gasteiger partial charge in [-0.15, -0.1) is 0 Å². The molecule has 1 aliphatic rings. The molecular formula is C8H10N2O3. The standard InChI is InChI=1S/C8H10N2O3/c1-5-2-13-10-7(5)9-8(11)6-3-12-4-6/h2,6H,3-4H2,1H3,(H,9,10,11). The number of anilines is 1. The van der Waals surface area contributed by atoms with E-state index >= 15 is 0 Å². The highest BCUT2D eigenvalue weighted by molar-refractivity contribution is 5.92. The minimum absolute atomic E-state index is 0.0314. The molecule has 70 valence electrons. The van der Waals surface area contributed by atoms with Crippen LogP contribution in [-0.4, -0.2) is 24.3 Å². The van der Waals surface area contributed by atoms with Crippen molar-refractivity contribution in [2.75, 3.05) is 18.5 Å². The zero-order chi connectivity index (χ0) is 9.26. The van der Waals surface area contributed by atoms with Crippen LogP contribution in [0.3, 0.4) is 0 Å². The molecule has 13 heavy (non-hydrogen) atoms. The van der Waals surface area contributed by atoms with Crippen molar-refractivity contribution >= 4 is 11.7 Å². The van der Waals surface area contributed by atoms with E-state index in [4.69, 9.17) is 4.74 Å². The highest BCUT2D eigenvalue weighted by Gasteiger charge is 2.27. The van der Waals surface area contributed by atoms with Crippen molar-refractivity contribution < 1.29 is 14.1 Å². The Balaban J connectivity index is 1.97. The number of nitrogens with zero attached hydrogens (tertiary/aromatic N) is 1. The fourth-order valence-electron chi connectivity index (χ4n) is 1.01. The molecule has 2 heterocycles. The average molecular weight is 182 g/mol. The van der Waals surface area contributed by atoms with Gasteiger partial charge in [-0.1, -0.05) is 5.16 Å². The molecule has 1 N–H and O–H groups in total. The van der Waals surface area contributed by atoms with Gasteiger partial charge in [0.1, 0.15) is 6.26 Å². The van der Waals surface area contributed by atoms with E-state index in [0.29, 0.717) is 19.0 Å². The van der Waals surface area contributed by atoms with Gasteiger partial charge in [0.25, 0.3) is 0 Å². The number of rotatable bonds is 2. The topological polar surface area (TPSA) is 64.4 Å². The number of aromatic nitrogens is 1. The lowest BCUT2D eigenvalue weighted by molar-refractivity contribution is -0.133. The minimum atomic E-state index is -0.0525. The second kappa shape index (κ2) is 3.18. The van der Waals surface area contributed by atoms with Crippen molar-refractivity contribution in [3.05, 3.63) is 11.8 Å². The van der Waals surface area contributed by atoms with Gasteiger partial charge in [-0.3, -0.25) is 4.79 Å². The Bertz CT molecular complexity index is 317. The van der Waals surface area contributed by atoms with E-state index in [-0.39, 0.29) is 11.8 Å². The number of ether oxygens (including phenoxy) is 1. The van der Waals surface area contributed by atoms with E-state index in [9.17, 15) is 4.79 Å². The largest absolute Gasteiger partial charge is 0.380 e. The molecule has 1 aliphatic heterocycles. The molecule has 0 aliphatic carbocycles. The third-order valence-electron chi connectivity index (χ3n) is 2.00. The van der Waals surface area contributed by atoms with Crippen LogP contribution in [0.5, 0.6) is 0 Å². The Morgan fingerprint density at radius 1 is 1.69 bits per heavy atom. The summed E-state index contributed by atoms with van der Waals surface area (Å²) in [5.74, 6) is 0.413. The molecule has 1 fully saturated rings. The van der Waals surface area contributed by atoms with Crippen molar-refractivity contribution in [3.63, 3.8) is 0 Å². The predicted molar refractivity (Wildman–Crippen MR) is 44.2 cm³/mol. The summed E-state index contributed by atoms with van der Waals surface area (Å²) in [4.78, 5) is 11.4. The first kappa shape index (κ1) is 8.25. The van der Waals surface area contributed by atoms with Gasteiger partial charge in [-0.25, -0.2) is 0 Å². The summed E-state index contributed by atoms with van der Waals surface area (Å²) in [7, 11) is 0. The predicted octanol–water partition coefficient (Wildman–Crippen LogP) is 0.568. The molecule has 0 bridgehead atoms.